The summed E-state index contributed by atoms with van der Waals surface area (Å²) in [4.78, 5) is 0. The first kappa shape index (κ1) is 13.0. The van der Waals surface area contributed by atoms with Crippen LogP contribution >= 0.6 is 0 Å². The molecule has 2 rings (SSSR count). The molecule has 0 radical (unpaired) electrons. The Kier molecular flexibility index (Phi) is 4.45. The zero-order chi connectivity index (χ0) is 13.5. The van der Waals surface area contributed by atoms with Gasteiger partial charge in [0.25, 0.3) is 0 Å². The molecule has 3 nitrogen and oxygen atoms in total. The first-order valence-corrected chi connectivity index (χ1v) is 6.23. The fourth-order valence-corrected chi connectivity index (χ4v) is 1.74. The van der Waals surface area contributed by atoms with E-state index in [9.17, 15) is 0 Å². The molecule has 1 aromatic carbocycles. The lowest BCUT2D eigenvalue weighted by atomic mass is 10.2. The zero-order valence-corrected chi connectivity index (χ0v) is 11.0. The van der Waals surface area contributed by atoms with Crippen LogP contribution in [0.4, 0.5) is 0 Å². The summed E-state index contributed by atoms with van der Waals surface area (Å²) in [6.07, 6.45) is 9.63. The van der Waals surface area contributed by atoms with E-state index >= 15 is 0 Å². The number of benzene rings is 1. The Bertz CT molecular complexity index is 591. The first-order chi connectivity index (χ1) is 9.33. The van der Waals surface area contributed by atoms with Crippen LogP contribution in [0.3, 0.4) is 0 Å². The van der Waals surface area contributed by atoms with E-state index in [2.05, 4.69) is 29.0 Å². The highest BCUT2D eigenvalue weighted by molar-refractivity contribution is 5.71. The summed E-state index contributed by atoms with van der Waals surface area (Å²) in [6, 6.07) is 10.2. The van der Waals surface area contributed by atoms with Crippen molar-refractivity contribution in [3.8, 4) is 0 Å². The van der Waals surface area contributed by atoms with E-state index in [0.29, 0.717) is 0 Å². The zero-order valence-electron chi connectivity index (χ0n) is 11.0. The standard InChI is InChI=1S/C16H17N3/c1-3-5-11-15(4-2)16-13-19(18-17-16)12-14-9-7-6-8-10-14/h3-11,13H,2,12H2,1H3/b5-3-,15-11+. The second-order valence-electron chi connectivity index (χ2n) is 4.14. The number of hydrogen-bond donors (Lipinski definition) is 0. The Morgan fingerprint density at radius 1 is 1.32 bits per heavy atom. The van der Waals surface area contributed by atoms with Crippen LogP contribution in [0.5, 0.6) is 0 Å². The molecule has 1 aromatic heterocycles. The number of allylic oxidation sites excluding steroid dienone is 5. The third-order valence-corrected chi connectivity index (χ3v) is 2.71. The second kappa shape index (κ2) is 6.50. The molecule has 3 heteroatoms. The molecule has 0 amide bonds. The van der Waals surface area contributed by atoms with E-state index < -0.39 is 0 Å². The largest absolute Gasteiger partial charge is 0.247 e. The van der Waals surface area contributed by atoms with Crippen molar-refractivity contribution < 1.29 is 0 Å². The lowest BCUT2D eigenvalue weighted by Crippen LogP contribution is -1.99. The topological polar surface area (TPSA) is 30.7 Å². The Hall–Kier alpha value is -2.42. The van der Waals surface area contributed by atoms with Crippen molar-refractivity contribution in [3.63, 3.8) is 0 Å². The third kappa shape index (κ3) is 3.52. The molecule has 0 atom stereocenters. The molecule has 0 fully saturated rings. The highest BCUT2D eigenvalue weighted by Crippen LogP contribution is 2.12. The summed E-state index contributed by atoms with van der Waals surface area (Å²) in [5.74, 6) is 0. The molecule has 0 N–H and O–H groups in total. The van der Waals surface area contributed by atoms with Crippen LogP contribution in [0.1, 0.15) is 18.2 Å². The Balaban J connectivity index is 2.17. The van der Waals surface area contributed by atoms with Gasteiger partial charge in [0, 0.05) is 5.57 Å². The van der Waals surface area contributed by atoms with Gasteiger partial charge in [0.05, 0.1) is 12.7 Å². The highest BCUT2D eigenvalue weighted by atomic mass is 15.4. The van der Waals surface area contributed by atoms with Crippen LogP contribution in [0, 0.1) is 0 Å². The Morgan fingerprint density at radius 2 is 2.11 bits per heavy atom. The number of hydrogen-bond acceptors (Lipinski definition) is 2. The van der Waals surface area contributed by atoms with Gasteiger partial charge in [-0.2, -0.15) is 0 Å². The van der Waals surface area contributed by atoms with Gasteiger partial charge in [-0.1, -0.05) is 66.4 Å². The minimum absolute atomic E-state index is 0.724. The fraction of sp³-hybridized carbons (Fsp3) is 0.125. The highest BCUT2D eigenvalue weighted by Gasteiger charge is 2.03. The summed E-state index contributed by atoms with van der Waals surface area (Å²) in [5.41, 5.74) is 3.01. The Morgan fingerprint density at radius 3 is 2.79 bits per heavy atom. The van der Waals surface area contributed by atoms with E-state index in [1.807, 2.05) is 54.2 Å². The average Bonchev–Trinajstić information content (AvgIpc) is 2.89. The van der Waals surface area contributed by atoms with Crippen molar-refractivity contribution >= 4 is 5.57 Å². The summed E-state index contributed by atoms with van der Waals surface area (Å²) in [7, 11) is 0. The molecule has 0 aliphatic heterocycles. The lowest BCUT2D eigenvalue weighted by Gasteiger charge is -1.99. The van der Waals surface area contributed by atoms with Crippen molar-refractivity contribution in [2.75, 3.05) is 0 Å². The van der Waals surface area contributed by atoms with E-state index in [1.54, 1.807) is 6.08 Å². The smallest absolute Gasteiger partial charge is 0.113 e. The first-order valence-electron chi connectivity index (χ1n) is 6.23. The molecule has 1 heterocycles. The number of aromatic nitrogens is 3. The van der Waals surface area contributed by atoms with Crippen LogP contribution in [-0.2, 0) is 6.54 Å². The van der Waals surface area contributed by atoms with Gasteiger partial charge >= 0.3 is 0 Å². The van der Waals surface area contributed by atoms with Crippen LogP contribution in [-0.4, -0.2) is 15.0 Å². The van der Waals surface area contributed by atoms with E-state index in [4.69, 9.17) is 0 Å². The van der Waals surface area contributed by atoms with E-state index in [1.165, 1.54) is 5.56 Å². The summed E-state index contributed by atoms with van der Waals surface area (Å²) in [6.45, 7) is 6.50. The van der Waals surface area contributed by atoms with Crippen LogP contribution in [0.25, 0.3) is 5.57 Å². The SMILES string of the molecule is C=C/C(=C\C=C/C)c1cn(Cc2ccccc2)nn1. The number of rotatable bonds is 5. The maximum Gasteiger partial charge on any atom is 0.113 e. The predicted octanol–water partition coefficient (Wildman–Crippen LogP) is 3.47. The monoisotopic (exact) mass is 251 g/mol. The van der Waals surface area contributed by atoms with Crippen molar-refractivity contribution in [2.24, 2.45) is 0 Å². The molecule has 0 saturated heterocycles. The summed E-state index contributed by atoms with van der Waals surface area (Å²) in [5, 5.41) is 8.32. The maximum atomic E-state index is 4.18. The van der Waals surface area contributed by atoms with Crippen LogP contribution < -0.4 is 0 Å². The molecule has 19 heavy (non-hydrogen) atoms. The molecular formula is C16H17N3. The quantitative estimate of drug-likeness (QED) is 0.762. The van der Waals surface area contributed by atoms with Gasteiger partial charge in [-0.25, -0.2) is 4.68 Å². The lowest BCUT2D eigenvalue weighted by molar-refractivity contribution is 0.649. The summed E-state index contributed by atoms with van der Waals surface area (Å²) >= 11 is 0. The summed E-state index contributed by atoms with van der Waals surface area (Å²) < 4.78 is 1.83. The van der Waals surface area contributed by atoms with E-state index in [-0.39, 0.29) is 0 Å². The molecule has 0 aliphatic carbocycles. The minimum atomic E-state index is 0.724. The molecular weight excluding hydrogens is 234 g/mol. The molecule has 0 saturated carbocycles. The number of nitrogens with zero attached hydrogens (tertiary/aromatic N) is 3. The normalized spacial score (nSPS) is 11.9. The second-order valence-corrected chi connectivity index (χ2v) is 4.14. The third-order valence-electron chi connectivity index (χ3n) is 2.71. The fourth-order valence-electron chi connectivity index (χ4n) is 1.74. The minimum Gasteiger partial charge on any atom is -0.247 e. The average molecular weight is 251 g/mol. The maximum absolute atomic E-state index is 4.18. The van der Waals surface area contributed by atoms with Crippen LogP contribution in [0.15, 0.2) is 67.4 Å². The molecule has 0 spiro atoms. The molecule has 96 valence electrons. The van der Waals surface area contributed by atoms with Gasteiger partial charge in [-0.05, 0) is 12.5 Å². The molecule has 0 aliphatic rings. The molecule has 0 bridgehead atoms. The van der Waals surface area contributed by atoms with Crippen molar-refractivity contribution in [2.45, 2.75) is 13.5 Å². The van der Waals surface area contributed by atoms with Crippen molar-refractivity contribution in [3.05, 3.63) is 78.7 Å². The molecule has 0 unspecified atom stereocenters. The van der Waals surface area contributed by atoms with Gasteiger partial charge in [0.2, 0.25) is 0 Å². The van der Waals surface area contributed by atoms with Gasteiger partial charge in [0.15, 0.2) is 0 Å². The van der Waals surface area contributed by atoms with Crippen molar-refractivity contribution in [1.29, 1.82) is 0 Å². The van der Waals surface area contributed by atoms with Gasteiger partial charge in [0.1, 0.15) is 5.69 Å². The van der Waals surface area contributed by atoms with Gasteiger partial charge < -0.3 is 0 Å². The van der Waals surface area contributed by atoms with Crippen LogP contribution in [0.2, 0.25) is 0 Å². The molecule has 2 aromatic rings. The van der Waals surface area contributed by atoms with Crippen molar-refractivity contribution in [1.82, 2.24) is 15.0 Å². The predicted molar refractivity (Wildman–Crippen MR) is 78.6 cm³/mol. The van der Waals surface area contributed by atoms with Gasteiger partial charge in [-0.15, -0.1) is 5.10 Å². The van der Waals surface area contributed by atoms with E-state index in [0.717, 1.165) is 17.8 Å². The van der Waals surface area contributed by atoms with Gasteiger partial charge in [-0.3, -0.25) is 0 Å². The Labute approximate surface area is 113 Å².